The van der Waals surface area contributed by atoms with Crippen molar-refractivity contribution < 1.29 is 9.32 Å². The highest BCUT2D eigenvalue weighted by atomic mass is 35.5. The molecule has 0 fully saturated rings. The van der Waals surface area contributed by atoms with Crippen molar-refractivity contribution in [3.05, 3.63) is 29.7 Å². The van der Waals surface area contributed by atoms with Crippen molar-refractivity contribution in [2.24, 2.45) is 0 Å². The van der Waals surface area contributed by atoms with Gasteiger partial charge < -0.3 is 15.2 Å². The zero-order valence-electron chi connectivity index (χ0n) is 8.73. The molecule has 0 aromatic carbocycles. The molecule has 5 nitrogen and oxygen atoms in total. The van der Waals surface area contributed by atoms with E-state index < -0.39 is 0 Å². The second-order valence-corrected chi connectivity index (χ2v) is 3.38. The second kappa shape index (κ2) is 6.30. The van der Waals surface area contributed by atoms with Crippen molar-refractivity contribution in [3.8, 4) is 0 Å². The van der Waals surface area contributed by atoms with Gasteiger partial charge in [0, 0.05) is 19.2 Å². The van der Waals surface area contributed by atoms with E-state index in [4.69, 9.17) is 0 Å². The van der Waals surface area contributed by atoms with Crippen molar-refractivity contribution >= 4 is 18.3 Å². The van der Waals surface area contributed by atoms with Gasteiger partial charge in [-0.2, -0.15) is 0 Å². The predicted molar refractivity (Wildman–Crippen MR) is 61.7 cm³/mol. The molecule has 2 heterocycles. The molecule has 0 aliphatic carbocycles. The summed E-state index contributed by atoms with van der Waals surface area (Å²) in [6.07, 6.45) is 4.48. The highest BCUT2D eigenvalue weighted by molar-refractivity contribution is 5.92. The average molecular weight is 244 g/mol. The molecule has 1 aromatic heterocycles. The minimum atomic E-state index is -0.191. The van der Waals surface area contributed by atoms with Crippen LogP contribution in [0.4, 0.5) is 0 Å². The molecule has 0 radical (unpaired) electrons. The number of carbonyl (C=O) groups is 1. The fourth-order valence-corrected chi connectivity index (χ4v) is 1.44. The minimum Gasteiger partial charge on any atom is -0.364 e. The summed E-state index contributed by atoms with van der Waals surface area (Å²) in [5, 5.41) is 9.57. The lowest BCUT2D eigenvalue weighted by atomic mass is 10.1. The Labute approximate surface area is 99.7 Å². The quantitative estimate of drug-likeness (QED) is 0.769. The molecule has 0 unspecified atom stereocenters. The number of nitrogens with one attached hydrogen (secondary N) is 2. The zero-order valence-corrected chi connectivity index (χ0v) is 9.55. The minimum absolute atomic E-state index is 0. The highest BCUT2D eigenvalue weighted by Gasteiger charge is 2.09. The fraction of sp³-hybridized carbons (Fsp3) is 0.400. The van der Waals surface area contributed by atoms with Crippen LogP contribution in [0, 0.1) is 0 Å². The Bertz CT molecular complexity index is 362. The number of rotatable bonds is 3. The molecule has 0 saturated carbocycles. The Hall–Kier alpha value is -1.33. The van der Waals surface area contributed by atoms with Gasteiger partial charge in [0.2, 0.25) is 0 Å². The number of carbonyl (C=O) groups excluding carboxylic acids is 1. The molecule has 88 valence electrons. The molecule has 2 rings (SSSR count). The van der Waals surface area contributed by atoms with Crippen molar-refractivity contribution in [2.75, 3.05) is 19.6 Å². The van der Waals surface area contributed by atoms with E-state index in [1.54, 1.807) is 6.07 Å². The van der Waals surface area contributed by atoms with Gasteiger partial charge in [0.1, 0.15) is 6.26 Å². The number of amides is 1. The first-order valence-electron chi connectivity index (χ1n) is 4.93. The molecule has 0 saturated heterocycles. The standard InChI is InChI=1S/C10H13N3O2.ClH/c14-10(9-3-6-15-13-9)12-7-8-1-4-11-5-2-8;/h1,3,6,11H,2,4-5,7H2,(H,12,14);1H. The van der Waals surface area contributed by atoms with Crippen LogP contribution >= 0.6 is 12.4 Å². The van der Waals surface area contributed by atoms with Crippen LogP contribution in [0.2, 0.25) is 0 Å². The molecule has 0 spiro atoms. The summed E-state index contributed by atoms with van der Waals surface area (Å²) in [7, 11) is 0. The summed E-state index contributed by atoms with van der Waals surface area (Å²) in [6.45, 7) is 2.45. The van der Waals surface area contributed by atoms with Gasteiger partial charge in [0.25, 0.3) is 5.91 Å². The van der Waals surface area contributed by atoms with E-state index in [1.807, 2.05) is 0 Å². The first-order valence-corrected chi connectivity index (χ1v) is 4.93. The van der Waals surface area contributed by atoms with Gasteiger partial charge in [0.05, 0.1) is 0 Å². The molecule has 16 heavy (non-hydrogen) atoms. The predicted octanol–water partition coefficient (Wildman–Crippen LogP) is 0.746. The molecule has 2 N–H and O–H groups in total. The summed E-state index contributed by atoms with van der Waals surface area (Å²) in [5.41, 5.74) is 1.58. The van der Waals surface area contributed by atoms with Crippen LogP contribution in [0.5, 0.6) is 0 Å². The molecule has 0 atom stereocenters. The topological polar surface area (TPSA) is 67.2 Å². The summed E-state index contributed by atoms with van der Waals surface area (Å²) < 4.78 is 4.59. The van der Waals surface area contributed by atoms with Crippen LogP contribution in [-0.2, 0) is 0 Å². The van der Waals surface area contributed by atoms with E-state index >= 15 is 0 Å². The van der Waals surface area contributed by atoms with Crippen molar-refractivity contribution in [1.29, 1.82) is 0 Å². The van der Waals surface area contributed by atoms with Gasteiger partial charge in [-0.3, -0.25) is 4.79 Å². The summed E-state index contributed by atoms with van der Waals surface area (Å²) >= 11 is 0. The molecule has 0 bridgehead atoms. The van der Waals surface area contributed by atoms with E-state index in [-0.39, 0.29) is 18.3 Å². The van der Waals surface area contributed by atoms with E-state index in [0.29, 0.717) is 12.2 Å². The smallest absolute Gasteiger partial charge is 0.273 e. The average Bonchev–Trinajstić information content (AvgIpc) is 2.81. The highest BCUT2D eigenvalue weighted by Crippen LogP contribution is 2.02. The summed E-state index contributed by atoms with van der Waals surface area (Å²) in [5.74, 6) is -0.191. The Balaban J connectivity index is 0.00000128. The van der Waals surface area contributed by atoms with Crippen LogP contribution in [0.15, 0.2) is 28.5 Å². The Kier molecular flexibility index (Phi) is 5.01. The molecular formula is C10H14ClN3O2. The SMILES string of the molecule is Cl.O=C(NCC1=CCNCC1)c1ccon1. The molecule has 1 aromatic rings. The van der Waals surface area contributed by atoms with Crippen LogP contribution in [0.1, 0.15) is 16.9 Å². The third kappa shape index (κ3) is 3.36. The lowest BCUT2D eigenvalue weighted by molar-refractivity contribution is 0.0947. The van der Waals surface area contributed by atoms with Crippen molar-refractivity contribution in [1.82, 2.24) is 15.8 Å². The van der Waals surface area contributed by atoms with Crippen LogP contribution < -0.4 is 10.6 Å². The Morgan fingerprint density at radius 1 is 1.62 bits per heavy atom. The van der Waals surface area contributed by atoms with Gasteiger partial charge in [0.15, 0.2) is 5.69 Å². The van der Waals surface area contributed by atoms with Crippen molar-refractivity contribution in [2.45, 2.75) is 6.42 Å². The maximum absolute atomic E-state index is 11.5. The first kappa shape index (κ1) is 12.7. The fourth-order valence-electron chi connectivity index (χ4n) is 1.44. The summed E-state index contributed by atoms with van der Waals surface area (Å²) in [4.78, 5) is 11.5. The molecular weight excluding hydrogens is 230 g/mol. The molecule has 6 heteroatoms. The monoisotopic (exact) mass is 243 g/mol. The zero-order chi connectivity index (χ0) is 10.5. The van der Waals surface area contributed by atoms with Crippen molar-refractivity contribution in [3.63, 3.8) is 0 Å². The molecule has 1 amide bonds. The Morgan fingerprint density at radius 2 is 2.50 bits per heavy atom. The lowest BCUT2D eigenvalue weighted by Gasteiger charge is -2.13. The normalized spacial score (nSPS) is 14.9. The third-order valence-corrected chi connectivity index (χ3v) is 2.30. The van der Waals surface area contributed by atoms with Gasteiger partial charge in [-0.25, -0.2) is 0 Å². The van der Waals surface area contributed by atoms with E-state index in [2.05, 4.69) is 26.4 Å². The Morgan fingerprint density at radius 3 is 3.12 bits per heavy atom. The summed E-state index contributed by atoms with van der Waals surface area (Å²) in [6, 6.07) is 1.55. The number of hydrogen-bond donors (Lipinski definition) is 2. The molecule has 1 aliphatic rings. The van der Waals surface area contributed by atoms with Crippen LogP contribution in [0.25, 0.3) is 0 Å². The van der Waals surface area contributed by atoms with E-state index in [1.165, 1.54) is 11.8 Å². The van der Waals surface area contributed by atoms with Gasteiger partial charge in [-0.05, 0) is 13.0 Å². The van der Waals surface area contributed by atoms with Crippen LogP contribution in [-0.4, -0.2) is 30.7 Å². The number of halogens is 1. The van der Waals surface area contributed by atoms with Gasteiger partial charge in [-0.15, -0.1) is 12.4 Å². The number of aromatic nitrogens is 1. The third-order valence-electron chi connectivity index (χ3n) is 2.30. The first-order chi connectivity index (χ1) is 7.36. The molecule has 1 aliphatic heterocycles. The largest absolute Gasteiger partial charge is 0.364 e. The van der Waals surface area contributed by atoms with Gasteiger partial charge in [-0.1, -0.05) is 16.8 Å². The maximum Gasteiger partial charge on any atom is 0.273 e. The lowest BCUT2D eigenvalue weighted by Crippen LogP contribution is -2.29. The second-order valence-electron chi connectivity index (χ2n) is 3.38. The van der Waals surface area contributed by atoms with Gasteiger partial charge >= 0.3 is 0 Å². The van der Waals surface area contributed by atoms with E-state index in [9.17, 15) is 4.79 Å². The van der Waals surface area contributed by atoms with E-state index in [0.717, 1.165) is 19.5 Å². The number of hydrogen-bond acceptors (Lipinski definition) is 4. The number of nitrogens with zero attached hydrogens (tertiary/aromatic N) is 1. The van der Waals surface area contributed by atoms with Crippen LogP contribution in [0.3, 0.4) is 0 Å². The maximum atomic E-state index is 11.5.